The number of nitrogen functional groups attached to an aromatic ring is 1. The van der Waals surface area contributed by atoms with Gasteiger partial charge in [0.1, 0.15) is 11.6 Å². The Labute approximate surface area is 123 Å². The molecule has 1 aromatic carbocycles. The van der Waals surface area contributed by atoms with Crippen molar-refractivity contribution in [2.24, 2.45) is 11.8 Å². The zero-order valence-corrected chi connectivity index (χ0v) is 11.9. The minimum absolute atomic E-state index is 0.122. The summed E-state index contributed by atoms with van der Waals surface area (Å²) < 4.78 is 27.0. The van der Waals surface area contributed by atoms with Gasteiger partial charge in [0.15, 0.2) is 0 Å². The maximum absolute atomic E-state index is 13.8. The maximum atomic E-state index is 13.8. The molecular weight excluding hydrogens is 274 g/mol. The standard InChI is InChI=1S/C16H20F2N2O/c17-13-8-14(18)15(19)7-12(13)16(21)20-6-5-10-3-1-2-4-11(10)9-20/h7-8,10-11H,1-6,9,19H2. The molecule has 21 heavy (non-hydrogen) atoms. The summed E-state index contributed by atoms with van der Waals surface area (Å²) in [5, 5.41) is 0. The molecule has 1 aliphatic carbocycles. The van der Waals surface area contributed by atoms with Crippen LogP contribution in [-0.2, 0) is 0 Å². The SMILES string of the molecule is Nc1cc(C(=O)N2CCC3CCCCC3C2)c(F)cc1F. The van der Waals surface area contributed by atoms with Crippen LogP contribution in [0.3, 0.4) is 0 Å². The molecule has 2 unspecified atom stereocenters. The smallest absolute Gasteiger partial charge is 0.256 e. The summed E-state index contributed by atoms with van der Waals surface area (Å²) in [6, 6.07) is 1.80. The normalized spacial score (nSPS) is 25.5. The average Bonchev–Trinajstić information content (AvgIpc) is 2.50. The first kappa shape index (κ1) is 14.3. The molecule has 1 saturated heterocycles. The molecule has 1 aliphatic heterocycles. The van der Waals surface area contributed by atoms with Gasteiger partial charge in [-0.2, -0.15) is 0 Å². The van der Waals surface area contributed by atoms with Crippen LogP contribution in [0.25, 0.3) is 0 Å². The Morgan fingerprint density at radius 2 is 1.81 bits per heavy atom. The molecule has 0 spiro atoms. The van der Waals surface area contributed by atoms with E-state index in [9.17, 15) is 13.6 Å². The Bertz CT molecular complexity index is 561. The van der Waals surface area contributed by atoms with Gasteiger partial charge in [-0.1, -0.05) is 19.3 Å². The number of benzene rings is 1. The van der Waals surface area contributed by atoms with Crippen LogP contribution < -0.4 is 5.73 Å². The fourth-order valence-electron chi connectivity index (χ4n) is 3.69. The van der Waals surface area contributed by atoms with E-state index in [4.69, 9.17) is 5.73 Å². The van der Waals surface area contributed by atoms with E-state index in [1.165, 1.54) is 19.3 Å². The van der Waals surface area contributed by atoms with E-state index in [1.807, 2.05) is 0 Å². The van der Waals surface area contributed by atoms with Crippen LogP contribution >= 0.6 is 0 Å². The molecule has 114 valence electrons. The lowest BCUT2D eigenvalue weighted by molar-refractivity contribution is 0.0516. The lowest BCUT2D eigenvalue weighted by atomic mass is 9.75. The second kappa shape index (κ2) is 5.62. The zero-order chi connectivity index (χ0) is 15.0. The molecule has 0 aromatic heterocycles. The molecule has 2 aliphatic rings. The van der Waals surface area contributed by atoms with Crippen molar-refractivity contribution in [3.8, 4) is 0 Å². The lowest BCUT2D eigenvalue weighted by Gasteiger charge is -2.41. The number of anilines is 1. The molecule has 1 aromatic rings. The van der Waals surface area contributed by atoms with Crippen LogP contribution in [-0.4, -0.2) is 23.9 Å². The highest BCUT2D eigenvalue weighted by Gasteiger charge is 2.34. The number of likely N-dealkylation sites (tertiary alicyclic amines) is 1. The monoisotopic (exact) mass is 294 g/mol. The van der Waals surface area contributed by atoms with Gasteiger partial charge >= 0.3 is 0 Å². The molecule has 0 bridgehead atoms. The van der Waals surface area contributed by atoms with Crippen LogP contribution in [0, 0.1) is 23.5 Å². The van der Waals surface area contributed by atoms with E-state index in [1.54, 1.807) is 4.90 Å². The Hall–Kier alpha value is -1.65. The first-order valence-electron chi connectivity index (χ1n) is 7.60. The van der Waals surface area contributed by atoms with Gasteiger partial charge in [0.05, 0.1) is 11.3 Å². The van der Waals surface area contributed by atoms with Crippen molar-refractivity contribution in [2.75, 3.05) is 18.8 Å². The minimum Gasteiger partial charge on any atom is -0.396 e. The summed E-state index contributed by atoms with van der Waals surface area (Å²) in [6.07, 6.45) is 5.85. The highest BCUT2D eigenvalue weighted by molar-refractivity contribution is 5.95. The number of carbonyl (C=O) groups excluding carboxylic acids is 1. The number of rotatable bonds is 1. The molecule has 1 heterocycles. The van der Waals surface area contributed by atoms with Gasteiger partial charge in [0.2, 0.25) is 0 Å². The van der Waals surface area contributed by atoms with Crippen LogP contribution in [0.1, 0.15) is 42.5 Å². The number of hydrogen-bond donors (Lipinski definition) is 1. The number of piperidine rings is 1. The third-order valence-corrected chi connectivity index (χ3v) is 4.90. The van der Waals surface area contributed by atoms with Gasteiger partial charge in [-0.15, -0.1) is 0 Å². The largest absolute Gasteiger partial charge is 0.396 e. The molecule has 2 fully saturated rings. The van der Waals surface area contributed by atoms with Crippen molar-refractivity contribution in [1.29, 1.82) is 0 Å². The molecule has 2 atom stereocenters. The van der Waals surface area contributed by atoms with E-state index in [2.05, 4.69) is 0 Å². The summed E-state index contributed by atoms with van der Waals surface area (Å²) >= 11 is 0. The molecule has 5 heteroatoms. The first-order valence-corrected chi connectivity index (χ1v) is 7.60. The second-order valence-electron chi connectivity index (χ2n) is 6.20. The molecule has 2 N–H and O–H groups in total. The number of amides is 1. The number of halogens is 2. The van der Waals surface area contributed by atoms with E-state index in [0.717, 1.165) is 18.9 Å². The molecule has 0 radical (unpaired) electrons. The average molecular weight is 294 g/mol. The summed E-state index contributed by atoms with van der Waals surface area (Å²) in [4.78, 5) is 14.2. The van der Waals surface area contributed by atoms with Gasteiger partial charge < -0.3 is 10.6 Å². The van der Waals surface area contributed by atoms with Crippen molar-refractivity contribution in [1.82, 2.24) is 4.90 Å². The van der Waals surface area contributed by atoms with E-state index < -0.39 is 11.6 Å². The molecule has 1 saturated carbocycles. The number of fused-ring (bicyclic) bond motifs is 1. The Morgan fingerprint density at radius 3 is 2.57 bits per heavy atom. The number of hydrogen-bond acceptors (Lipinski definition) is 2. The highest BCUT2D eigenvalue weighted by atomic mass is 19.1. The Balaban J connectivity index is 1.78. The van der Waals surface area contributed by atoms with Gasteiger partial charge in [0.25, 0.3) is 5.91 Å². The number of nitrogens with zero attached hydrogens (tertiary/aromatic N) is 1. The second-order valence-corrected chi connectivity index (χ2v) is 6.20. The fraction of sp³-hybridized carbons (Fsp3) is 0.562. The van der Waals surface area contributed by atoms with Crippen molar-refractivity contribution in [3.05, 3.63) is 29.3 Å². The topological polar surface area (TPSA) is 46.3 Å². The summed E-state index contributed by atoms with van der Waals surface area (Å²) in [6.45, 7) is 1.33. The predicted molar refractivity (Wildman–Crippen MR) is 76.7 cm³/mol. The van der Waals surface area contributed by atoms with E-state index in [-0.39, 0.29) is 17.2 Å². The Morgan fingerprint density at radius 1 is 1.10 bits per heavy atom. The van der Waals surface area contributed by atoms with Crippen molar-refractivity contribution >= 4 is 11.6 Å². The Kier molecular flexibility index (Phi) is 3.83. The molecule has 3 nitrogen and oxygen atoms in total. The minimum atomic E-state index is -0.836. The summed E-state index contributed by atoms with van der Waals surface area (Å²) in [7, 11) is 0. The fourth-order valence-corrected chi connectivity index (χ4v) is 3.69. The third kappa shape index (κ3) is 2.74. The van der Waals surface area contributed by atoms with E-state index >= 15 is 0 Å². The van der Waals surface area contributed by atoms with Crippen LogP contribution in [0.5, 0.6) is 0 Å². The third-order valence-electron chi connectivity index (χ3n) is 4.90. The summed E-state index contributed by atoms with van der Waals surface area (Å²) in [5.74, 6) is -0.807. The quantitative estimate of drug-likeness (QED) is 0.808. The van der Waals surface area contributed by atoms with Crippen molar-refractivity contribution in [3.63, 3.8) is 0 Å². The van der Waals surface area contributed by atoms with Gasteiger partial charge in [-0.3, -0.25) is 4.79 Å². The molecular formula is C16H20F2N2O. The highest BCUT2D eigenvalue weighted by Crippen LogP contribution is 2.36. The van der Waals surface area contributed by atoms with Gasteiger partial charge in [-0.25, -0.2) is 8.78 Å². The zero-order valence-electron chi connectivity index (χ0n) is 11.9. The number of carbonyl (C=O) groups is 1. The predicted octanol–water partition coefficient (Wildman–Crippen LogP) is 3.20. The lowest BCUT2D eigenvalue weighted by Crippen LogP contribution is -2.45. The first-order chi connectivity index (χ1) is 10.1. The van der Waals surface area contributed by atoms with E-state index in [0.29, 0.717) is 31.0 Å². The van der Waals surface area contributed by atoms with Crippen LogP contribution in [0.2, 0.25) is 0 Å². The molecule has 3 rings (SSSR count). The van der Waals surface area contributed by atoms with Crippen LogP contribution in [0.15, 0.2) is 12.1 Å². The van der Waals surface area contributed by atoms with Crippen LogP contribution in [0.4, 0.5) is 14.5 Å². The maximum Gasteiger partial charge on any atom is 0.256 e. The summed E-state index contributed by atoms with van der Waals surface area (Å²) in [5.41, 5.74) is 5.14. The van der Waals surface area contributed by atoms with Gasteiger partial charge in [0, 0.05) is 19.2 Å². The molecule has 1 amide bonds. The van der Waals surface area contributed by atoms with Crippen molar-refractivity contribution in [2.45, 2.75) is 32.1 Å². The van der Waals surface area contributed by atoms with Crippen molar-refractivity contribution < 1.29 is 13.6 Å². The van der Waals surface area contributed by atoms with Gasteiger partial charge in [-0.05, 0) is 30.7 Å². The number of nitrogens with two attached hydrogens (primary N) is 1.